The van der Waals surface area contributed by atoms with Crippen molar-refractivity contribution in [3.63, 3.8) is 0 Å². The number of anilines is 3. The van der Waals surface area contributed by atoms with E-state index in [0.29, 0.717) is 18.7 Å². The van der Waals surface area contributed by atoms with Gasteiger partial charge >= 0.3 is 5.97 Å². The van der Waals surface area contributed by atoms with Crippen molar-refractivity contribution in [2.24, 2.45) is 0 Å². The lowest BCUT2D eigenvalue weighted by Gasteiger charge is -2.15. The molecule has 8 heteroatoms. The fraction of sp³-hybridized carbons (Fsp3) is 0.211. The number of halogens is 1. The standard InChI is InChI=1S/C19H18FN3O4/c1-11(24)23-7-6-12-8-14(3-5-17(12)23)22-18(25)10-27-19(26)15-4-2-13(20)9-16(15)21/h2-5,8-9H,6-7,10,21H2,1H3,(H,22,25). The van der Waals surface area contributed by atoms with Gasteiger partial charge in [-0.05, 0) is 48.4 Å². The van der Waals surface area contributed by atoms with Gasteiger partial charge in [0.1, 0.15) is 5.82 Å². The Bertz CT molecular complexity index is 929. The van der Waals surface area contributed by atoms with Crippen LogP contribution < -0.4 is 16.0 Å². The van der Waals surface area contributed by atoms with Crippen LogP contribution in [0.25, 0.3) is 0 Å². The van der Waals surface area contributed by atoms with Gasteiger partial charge in [0.2, 0.25) is 5.91 Å². The molecule has 2 amide bonds. The molecule has 0 spiro atoms. The third-order valence-electron chi connectivity index (χ3n) is 4.21. The van der Waals surface area contributed by atoms with Gasteiger partial charge in [-0.25, -0.2) is 9.18 Å². The van der Waals surface area contributed by atoms with Crippen LogP contribution in [0.15, 0.2) is 36.4 Å². The average molecular weight is 371 g/mol. The van der Waals surface area contributed by atoms with Crippen LogP contribution in [-0.4, -0.2) is 30.9 Å². The fourth-order valence-corrected chi connectivity index (χ4v) is 2.93. The number of nitrogen functional groups attached to an aromatic ring is 1. The van der Waals surface area contributed by atoms with E-state index >= 15 is 0 Å². The molecule has 27 heavy (non-hydrogen) atoms. The number of carbonyl (C=O) groups is 3. The van der Waals surface area contributed by atoms with Crippen LogP contribution in [0.3, 0.4) is 0 Å². The van der Waals surface area contributed by atoms with Crippen LogP contribution in [-0.2, 0) is 20.7 Å². The Kier molecular flexibility index (Phi) is 5.07. The summed E-state index contributed by atoms with van der Waals surface area (Å²) in [5, 5.41) is 2.64. The molecule has 7 nitrogen and oxygen atoms in total. The molecular formula is C19H18FN3O4. The van der Waals surface area contributed by atoms with Crippen molar-refractivity contribution in [1.82, 2.24) is 0 Å². The summed E-state index contributed by atoms with van der Waals surface area (Å²) in [5.74, 6) is -1.93. The molecule has 0 radical (unpaired) electrons. The molecule has 1 heterocycles. The quantitative estimate of drug-likeness (QED) is 0.633. The van der Waals surface area contributed by atoms with Crippen molar-refractivity contribution in [2.75, 3.05) is 29.1 Å². The summed E-state index contributed by atoms with van der Waals surface area (Å²) < 4.78 is 17.9. The number of nitrogens with one attached hydrogen (secondary N) is 1. The van der Waals surface area contributed by atoms with E-state index in [1.165, 1.54) is 13.0 Å². The lowest BCUT2D eigenvalue weighted by Crippen LogP contribution is -2.25. The second-order valence-electron chi connectivity index (χ2n) is 6.12. The number of fused-ring (bicyclic) bond motifs is 1. The monoisotopic (exact) mass is 371 g/mol. The van der Waals surface area contributed by atoms with E-state index in [9.17, 15) is 18.8 Å². The molecule has 1 aliphatic heterocycles. The molecule has 0 saturated heterocycles. The Labute approximate surface area is 154 Å². The summed E-state index contributed by atoms with van der Waals surface area (Å²) in [5.41, 5.74) is 7.83. The van der Waals surface area contributed by atoms with Crippen LogP contribution in [0, 0.1) is 5.82 Å². The number of hydrogen-bond donors (Lipinski definition) is 2. The molecule has 0 atom stereocenters. The lowest BCUT2D eigenvalue weighted by molar-refractivity contribution is -0.119. The number of rotatable bonds is 4. The SMILES string of the molecule is CC(=O)N1CCc2cc(NC(=O)COC(=O)c3ccc(F)cc3N)ccc21. The number of carbonyl (C=O) groups excluding carboxylic acids is 3. The number of hydrogen-bond acceptors (Lipinski definition) is 5. The van der Waals surface area contributed by atoms with E-state index in [4.69, 9.17) is 10.5 Å². The highest BCUT2D eigenvalue weighted by molar-refractivity contribution is 5.99. The Balaban J connectivity index is 1.58. The number of ether oxygens (including phenoxy) is 1. The summed E-state index contributed by atoms with van der Waals surface area (Å²) in [7, 11) is 0. The third-order valence-corrected chi connectivity index (χ3v) is 4.21. The molecule has 0 saturated carbocycles. The van der Waals surface area contributed by atoms with Crippen molar-refractivity contribution in [3.8, 4) is 0 Å². The van der Waals surface area contributed by atoms with Gasteiger partial charge in [0.25, 0.3) is 5.91 Å². The zero-order valence-corrected chi connectivity index (χ0v) is 14.6. The normalized spacial score (nSPS) is 12.4. The fourth-order valence-electron chi connectivity index (χ4n) is 2.93. The first kappa shape index (κ1) is 18.4. The van der Waals surface area contributed by atoms with E-state index in [1.807, 2.05) is 0 Å². The van der Waals surface area contributed by atoms with Crippen LogP contribution in [0.1, 0.15) is 22.8 Å². The van der Waals surface area contributed by atoms with Gasteiger partial charge in [0.05, 0.1) is 5.56 Å². The maximum Gasteiger partial charge on any atom is 0.340 e. The highest BCUT2D eigenvalue weighted by Gasteiger charge is 2.22. The second-order valence-corrected chi connectivity index (χ2v) is 6.12. The maximum atomic E-state index is 13.0. The third kappa shape index (κ3) is 4.05. The first-order chi connectivity index (χ1) is 12.8. The second kappa shape index (κ2) is 7.45. The van der Waals surface area contributed by atoms with Crippen molar-refractivity contribution in [3.05, 3.63) is 53.3 Å². The Morgan fingerprint density at radius 1 is 1.22 bits per heavy atom. The van der Waals surface area contributed by atoms with E-state index < -0.39 is 24.3 Å². The molecule has 0 unspecified atom stereocenters. The van der Waals surface area contributed by atoms with Gasteiger partial charge in [-0.15, -0.1) is 0 Å². The minimum absolute atomic E-state index is 0.00828. The molecule has 2 aromatic rings. The minimum Gasteiger partial charge on any atom is -0.452 e. The predicted octanol–water partition coefficient (Wildman–Crippen LogP) is 2.11. The van der Waals surface area contributed by atoms with Gasteiger partial charge in [-0.1, -0.05) is 0 Å². The summed E-state index contributed by atoms with van der Waals surface area (Å²) in [6.07, 6.45) is 0.706. The topological polar surface area (TPSA) is 102 Å². The highest BCUT2D eigenvalue weighted by Crippen LogP contribution is 2.30. The number of benzene rings is 2. The Hall–Kier alpha value is -3.42. The number of esters is 1. The molecule has 0 fully saturated rings. The van der Waals surface area contributed by atoms with Crippen LogP contribution in [0.4, 0.5) is 21.5 Å². The lowest BCUT2D eigenvalue weighted by atomic mass is 10.1. The minimum atomic E-state index is -0.811. The van der Waals surface area contributed by atoms with E-state index in [-0.39, 0.29) is 17.2 Å². The Morgan fingerprint density at radius 2 is 2.00 bits per heavy atom. The van der Waals surface area contributed by atoms with Crippen LogP contribution in [0.5, 0.6) is 0 Å². The van der Waals surface area contributed by atoms with Crippen molar-refractivity contribution < 1.29 is 23.5 Å². The van der Waals surface area contributed by atoms with Gasteiger partial charge in [-0.2, -0.15) is 0 Å². The van der Waals surface area contributed by atoms with E-state index in [1.54, 1.807) is 23.1 Å². The Morgan fingerprint density at radius 3 is 2.70 bits per heavy atom. The number of nitrogens with two attached hydrogens (primary N) is 1. The smallest absolute Gasteiger partial charge is 0.340 e. The summed E-state index contributed by atoms with van der Waals surface area (Å²) in [6.45, 7) is 1.61. The zero-order chi connectivity index (χ0) is 19.6. The summed E-state index contributed by atoms with van der Waals surface area (Å²) in [4.78, 5) is 37.2. The molecule has 0 aliphatic carbocycles. The summed E-state index contributed by atoms with van der Waals surface area (Å²) in [6, 6.07) is 8.53. The first-order valence-corrected chi connectivity index (χ1v) is 8.28. The number of amides is 2. The van der Waals surface area contributed by atoms with Gasteiger partial charge < -0.3 is 20.7 Å². The molecule has 3 N–H and O–H groups in total. The van der Waals surface area contributed by atoms with Crippen LogP contribution in [0.2, 0.25) is 0 Å². The molecule has 2 aromatic carbocycles. The van der Waals surface area contributed by atoms with E-state index in [2.05, 4.69) is 5.32 Å². The molecule has 3 rings (SSSR count). The molecular weight excluding hydrogens is 353 g/mol. The van der Waals surface area contributed by atoms with Gasteiger partial charge in [0, 0.05) is 30.5 Å². The largest absolute Gasteiger partial charge is 0.452 e. The van der Waals surface area contributed by atoms with Gasteiger partial charge in [-0.3, -0.25) is 9.59 Å². The van der Waals surface area contributed by atoms with Crippen molar-refractivity contribution >= 4 is 34.8 Å². The maximum absolute atomic E-state index is 13.0. The average Bonchev–Trinajstić information content (AvgIpc) is 3.03. The van der Waals surface area contributed by atoms with Crippen molar-refractivity contribution in [2.45, 2.75) is 13.3 Å². The number of nitrogens with zero attached hydrogens (tertiary/aromatic N) is 1. The predicted molar refractivity (Wildman–Crippen MR) is 97.9 cm³/mol. The first-order valence-electron chi connectivity index (χ1n) is 8.28. The summed E-state index contributed by atoms with van der Waals surface area (Å²) >= 11 is 0. The molecule has 0 bridgehead atoms. The van der Waals surface area contributed by atoms with Gasteiger partial charge in [0.15, 0.2) is 6.61 Å². The van der Waals surface area contributed by atoms with Crippen molar-refractivity contribution in [1.29, 1.82) is 0 Å². The highest BCUT2D eigenvalue weighted by atomic mass is 19.1. The molecule has 140 valence electrons. The molecule has 0 aromatic heterocycles. The molecule has 1 aliphatic rings. The zero-order valence-electron chi connectivity index (χ0n) is 14.6. The van der Waals surface area contributed by atoms with Crippen LogP contribution >= 0.6 is 0 Å². The van der Waals surface area contributed by atoms with E-state index in [0.717, 1.165) is 23.4 Å².